The summed E-state index contributed by atoms with van der Waals surface area (Å²) in [5, 5.41) is 7.14. The highest BCUT2D eigenvalue weighted by Gasteiger charge is 2.33. The number of nitrogens with one attached hydrogen (secondary N) is 2. The third-order valence-electron chi connectivity index (χ3n) is 3.78. The first-order chi connectivity index (χ1) is 10.1. The highest BCUT2D eigenvalue weighted by Crippen LogP contribution is 2.35. The Hall–Kier alpha value is -1.53. The van der Waals surface area contributed by atoms with Crippen molar-refractivity contribution in [2.24, 2.45) is 0 Å². The van der Waals surface area contributed by atoms with Crippen LogP contribution in [-0.4, -0.2) is 24.1 Å². The summed E-state index contributed by atoms with van der Waals surface area (Å²) in [7, 11) is 0. The molecule has 1 aliphatic heterocycles. The van der Waals surface area contributed by atoms with E-state index in [0.717, 1.165) is 37.7 Å². The van der Waals surface area contributed by atoms with Crippen LogP contribution in [0, 0.1) is 0 Å². The van der Waals surface area contributed by atoms with Crippen molar-refractivity contribution in [1.29, 1.82) is 0 Å². The lowest BCUT2D eigenvalue weighted by atomic mass is 10.0. The molecule has 0 amide bonds. The minimum absolute atomic E-state index is 0. The number of hydrogen-bond donors (Lipinski definition) is 2. The van der Waals surface area contributed by atoms with Crippen LogP contribution in [0.25, 0.3) is 10.9 Å². The molecule has 120 valence electrons. The summed E-state index contributed by atoms with van der Waals surface area (Å²) in [4.78, 5) is 3.93. The number of aromatic nitrogens is 1. The Labute approximate surface area is 132 Å². The number of para-hydroxylation sites is 1. The SMILES string of the molecule is Cl.FC(F)(F)c1cccc2c(NC3CCNCC3)ccnc12. The molecular formula is C15H17ClF3N3. The van der Waals surface area contributed by atoms with Gasteiger partial charge in [-0.25, -0.2) is 0 Å². The Kier molecular flexibility index (Phi) is 5.13. The zero-order valence-electron chi connectivity index (χ0n) is 11.8. The summed E-state index contributed by atoms with van der Waals surface area (Å²) >= 11 is 0. The minimum atomic E-state index is -4.39. The van der Waals surface area contributed by atoms with E-state index in [2.05, 4.69) is 15.6 Å². The number of halogens is 4. The van der Waals surface area contributed by atoms with Crippen LogP contribution in [0.4, 0.5) is 18.9 Å². The summed E-state index contributed by atoms with van der Waals surface area (Å²) in [5.74, 6) is 0. The predicted molar refractivity (Wildman–Crippen MR) is 83.5 cm³/mol. The molecular weight excluding hydrogens is 315 g/mol. The van der Waals surface area contributed by atoms with Crippen LogP contribution in [0.15, 0.2) is 30.5 Å². The van der Waals surface area contributed by atoms with Crippen molar-refractivity contribution >= 4 is 29.0 Å². The third-order valence-corrected chi connectivity index (χ3v) is 3.78. The molecule has 1 aromatic carbocycles. The van der Waals surface area contributed by atoms with E-state index in [9.17, 15) is 13.2 Å². The van der Waals surface area contributed by atoms with Gasteiger partial charge in [-0.3, -0.25) is 4.98 Å². The van der Waals surface area contributed by atoms with E-state index >= 15 is 0 Å². The molecule has 0 atom stereocenters. The number of alkyl halides is 3. The van der Waals surface area contributed by atoms with Gasteiger partial charge in [0.2, 0.25) is 0 Å². The molecule has 0 bridgehead atoms. The van der Waals surface area contributed by atoms with Gasteiger partial charge in [-0.1, -0.05) is 12.1 Å². The van der Waals surface area contributed by atoms with Crippen LogP contribution < -0.4 is 10.6 Å². The van der Waals surface area contributed by atoms with E-state index < -0.39 is 11.7 Å². The molecule has 22 heavy (non-hydrogen) atoms. The first-order valence-electron chi connectivity index (χ1n) is 6.98. The normalized spacial score (nSPS) is 16.3. The van der Waals surface area contributed by atoms with Gasteiger partial charge in [0.15, 0.2) is 0 Å². The molecule has 0 saturated carbocycles. The standard InChI is InChI=1S/C15H16F3N3.ClH/c16-15(17,18)12-3-1-2-11-13(6-9-20-14(11)12)21-10-4-7-19-8-5-10;/h1-3,6,9-10,19H,4-5,7-8H2,(H,20,21);1H. The number of piperidine rings is 1. The van der Waals surface area contributed by atoms with E-state index in [1.807, 2.05) is 0 Å². The summed E-state index contributed by atoms with van der Waals surface area (Å²) < 4.78 is 39.1. The zero-order chi connectivity index (χ0) is 14.9. The number of rotatable bonds is 2. The summed E-state index contributed by atoms with van der Waals surface area (Å²) in [5.41, 5.74) is 0.0379. The third kappa shape index (κ3) is 3.44. The fourth-order valence-electron chi connectivity index (χ4n) is 2.72. The second-order valence-electron chi connectivity index (χ2n) is 5.23. The average Bonchev–Trinajstić information content (AvgIpc) is 2.47. The van der Waals surface area contributed by atoms with Gasteiger partial charge in [-0.2, -0.15) is 13.2 Å². The molecule has 3 nitrogen and oxygen atoms in total. The van der Waals surface area contributed by atoms with Gasteiger partial charge < -0.3 is 10.6 Å². The van der Waals surface area contributed by atoms with E-state index in [4.69, 9.17) is 0 Å². The molecule has 3 rings (SSSR count). The largest absolute Gasteiger partial charge is 0.418 e. The maximum Gasteiger partial charge on any atom is 0.418 e. The van der Waals surface area contributed by atoms with Gasteiger partial charge in [0.05, 0.1) is 11.1 Å². The van der Waals surface area contributed by atoms with Gasteiger partial charge >= 0.3 is 6.18 Å². The lowest BCUT2D eigenvalue weighted by Gasteiger charge is -2.25. The summed E-state index contributed by atoms with van der Waals surface area (Å²) in [6, 6.07) is 6.21. The first-order valence-corrected chi connectivity index (χ1v) is 6.98. The highest BCUT2D eigenvalue weighted by molar-refractivity contribution is 5.93. The van der Waals surface area contributed by atoms with E-state index in [0.29, 0.717) is 5.39 Å². The lowest BCUT2D eigenvalue weighted by molar-refractivity contribution is -0.136. The first kappa shape index (κ1) is 16.8. The Morgan fingerprint density at radius 2 is 1.86 bits per heavy atom. The van der Waals surface area contributed by atoms with Crippen LogP contribution in [0.1, 0.15) is 18.4 Å². The Balaban J connectivity index is 0.00000176. The van der Waals surface area contributed by atoms with Gasteiger partial charge in [-0.05, 0) is 38.1 Å². The van der Waals surface area contributed by atoms with Crippen LogP contribution in [-0.2, 0) is 6.18 Å². The number of benzene rings is 1. The molecule has 2 heterocycles. The van der Waals surface area contributed by atoms with Crippen molar-refractivity contribution in [3.8, 4) is 0 Å². The predicted octanol–water partition coefficient (Wildman–Crippen LogP) is 3.84. The monoisotopic (exact) mass is 331 g/mol. The van der Waals surface area contributed by atoms with Gasteiger partial charge in [0, 0.05) is 23.3 Å². The smallest absolute Gasteiger partial charge is 0.382 e. The van der Waals surface area contributed by atoms with Crippen LogP contribution in [0.2, 0.25) is 0 Å². The zero-order valence-corrected chi connectivity index (χ0v) is 12.6. The Morgan fingerprint density at radius 3 is 2.55 bits per heavy atom. The molecule has 0 radical (unpaired) electrons. The van der Waals surface area contributed by atoms with Crippen molar-refractivity contribution in [3.63, 3.8) is 0 Å². The minimum Gasteiger partial charge on any atom is -0.382 e. The van der Waals surface area contributed by atoms with Crippen LogP contribution in [0.5, 0.6) is 0 Å². The highest BCUT2D eigenvalue weighted by atomic mass is 35.5. The molecule has 1 saturated heterocycles. The van der Waals surface area contributed by atoms with Crippen LogP contribution >= 0.6 is 12.4 Å². The maximum absolute atomic E-state index is 13.0. The molecule has 0 unspecified atom stereocenters. The van der Waals surface area contributed by atoms with Gasteiger partial charge in [0.25, 0.3) is 0 Å². The van der Waals surface area contributed by atoms with Crippen molar-refractivity contribution in [1.82, 2.24) is 10.3 Å². The summed E-state index contributed by atoms with van der Waals surface area (Å²) in [6.07, 6.45) is -1.04. The van der Waals surface area contributed by atoms with Crippen LogP contribution in [0.3, 0.4) is 0 Å². The molecule has 2 aromatic rings. The molecule has 0 spiro atoms. The number of pyridine rings is 1. The Bertz CT molecular complexity index is 639. The van der Waals surface area contributed by atoms with Crippen molar-refractivity contribution in [2.75, 3.05) is 18.4 Å². The lowest BCUT2D eigenvalue weighted by Crippen LogP contribution is -2.35. The van der Waals surface area contributed by atoms with Gasteiger partial charge in [0.1, 0.15) is 0 Å². The molecule has 7 heteroatoms. The van der Waals surface area contributed by atoms with E-state index in [-0.39, 0.29) is 24.0 Å². The van der Waals surface area contributed by atoms with Gasteiger partial charge in [-0.15, -0.1) is 12.4 Å². The van der Waals surface area contributed by atoms with Crippen molar-refractivity contribution in [2.45, 2.75) is 25.1 Å². The average molecular weight is 332 g/mol. The van der Waals surface area contributed by atoms with E-state index in [1.54, 1.807) is 12.1 Å². The number of fused-ring (bicyclic) bond motifs is 1. The quantitative estimate of drug-likeness (QED) is 0.878. The molecule has 1 aromatic heterocycles. The second kappa shape index (κ2) is 6.71. The van der Waals surface area contributed by atoms with Crippen molar-refractivity contribution < 1.29 is 13.2 Å². The second-order valence-corrected chi connectivity index (χ2v) is 5.23. The van der Waals surface area contributed by atoms with E-state index in [1.165, 1.54) is 12.3 Å². The molecule has 1 aliphatic rings. The fraction of sp³-hybridized carbons (Fsp3) is 0.400. The summed E-state index contributed by atoms with van der Waals surface area (Å²) in [6.45, 7) is 1.85. The number of nitrogens with zero attached hydrogens (tertiary/aromatic N) is 1. The maximum atomic E-state index is 13.0. The number of hydrogen-bond acceptors (Lipinski definition) is 3. The van der Waals surface area contributed by atoms with Crippen molar-refractivity contribution in [3.05, 3.63) is 36.0 Å². The topological polar surface area (TPSA) is 37.0 Å². The molecule has 0 aliphatic carbocycles. The fourth-order valence-corrected chi connectivity index (χ4v) is 2.72. The molecule has 1 fully saturated rings. The Morgan fingerprint density at radius 1 is 1.14 bits per heavy atom. The molecule has 2 N–H and O–H groups in total. The number of anilines is 1.